The Morgan fingerprint density at radius 2 is 2.08 bits per heavy atom. The molecule has 0 spiro atoms. The second kappa shape index (κ2) is 8.45. The minimum absolute atomic E-state index is 0.0305. The zero-order valence-corrected chi connectivity index (χ0v) is 16.0. The number of hydrogen-bond donors (Lipinski definition) is 1. The van der Waals surface area contributed by atoms with Crippen LogP contribution < -0.4 is 5.32 Å². The third-order valence-corrected chi connectivity index (χ3v) is 4.97. The van der Waals surface area contributed by atoms with Crippen LogP contribution in [0.3, 0.4) is 0 Å². The van der Waals surface area contributed by atoms with Crippen LogP contribution in [-0.4, -0.2) is 45.4 Å². The third-order valence-electron chi connectivity index (χ3n) is 4.97. The molecule has 1 N–H and O–H groups in total. The van der Waals surface area contributed by atoms with Gasteiger partial charge in [0.05, 0.1) is 12.2 Å². The zero-order valence-electron chi connectivity index (χ0n) is 16.0. The van der Waals surface area contributed by atoms with Crippen molar-refractivity contribution in [1.29, 1.82) is 0 Å². The maximum atomic E-state index is 13.0. The topological polar surface area (TPSA) is 63.1 Å². The Morgan fingerprint density at radius 1 is 1.31 bits per heavy atom. The van der Waals surface area contributed by atoms with E-state index in [1.165, 1.54) is 5.56 Å². The summed E-state index contributed by atoms with van der Waals surface area (Å²) in [6.45, 7) is 9.54. The van der Waals surface area contributed by atoms with E-state index in [2.05, 4.69) is 60.7 Å². The number of carbonyl (C=O) groups excluding carboxylic acids is 1. The van der Waals surface area contributed by atoms with Crippen molar-refractivity contribution in [1.82, 2.24) is 25.2 Å². The molecule has 2 heterocycles. The summed E-state index contributed by atoms with van der Waals surface area (Å²) in [6, 6.07) is 8.60. The second-order valence-corrected chi connectivity index (χ2v) is 7.36. The van der Waals surface area contributed by atoms with Crippen LogP contribution in [-0.2, 0) is 13.0 Å². The van der Waals surface area contributed by atoms with E-state index in [-0.39, 0.29) is 11.9 Å². The fourth-order valence-corrected chi connectivity index (χ4v) is 3.26. The van der Waals surface area contributed by atoms with E-state index in [1.54, 1.807) is 10.9 Å². The highest BCUT2D eigenvalue weighted by atomic mass is 16.2. The van der Waals surface area contributed by atoms with Crippen LogP contribution in [0.4, 0.5) is 0 Å². The van der Waals surface area contributed by atoms with Gasteiger partial charge >= 0.3 is 0 Å². The van der Waals surface area contributed by atoms with E-state index in [0.29, 0.717) is 18.2 Å². The Balaban J connectivity index is 1.75. The summed E-state index contributed by atoms with van der Waals surface area (Å²) < 4.78 is 1.78. The molecular weight excluding hydrogens is 326 g/mol. The molecule has 26 heavy (non-hydrogen) atoms. The molecule has 6 heteroatoms. The number of piperazine rings is 1. The molecular formula is C20H29N5O. The van der Waals surface area contributed by atoms with Crippen molar-refractivity contribution < 1.29 is 4.79 Å². The van der Waals surface area contributed by atoms with Crippen molar-refractivity contribution in [3.05, 3.63) is 47.3 Å². The first-order valence-corrected chi connectivity index (χ1v) is 9.59. The van der Waals surface area contributed by atoms with Crippen molar-refractivity contribution in [2.45, 2.75) is 46.2 Å². The van der Waals surface area contributed by atoms with Gasteiger partial charge in [0, 0.05) is 26.2 Å². The molecule has 1 fully saturated rings. The highest BCUT2D eigenvalue weighted by molar-refractivity contribution is 5.92. The Labute approximate surface area is 155 Å². The molecule has 3 rings (SSSR count). The molecule has 1 aliphatic heterocycles. The predicted octanol–water partition coefficient (Wildman–Crippen LogP) is 2.67. The molecule has 6 nitrogen and oxygen atoms in total. The van der Waals surface area contributed by atoms with Gasteiger partial charge < -0.3 is 10.2 Å². The lowest BCUT2D eigenvalue weighted by Crippen LogP contribution is -2.48. The van der Waals surface area contributed by atoms with Gasteiger partial charge in [-0.1, -0.05) is 50.3 Å². The van der Waals surface area contributed by atoms with Crippen molar-refractivity contribution in [2.75, 3.05) is 19.6 Å². The smallest absolute Gasteiger partial charge is 0.276 e. The largest absolute Gasteiger partial charge is 0.328 e. The molecule has 1 amide bonds. The first kappa shape index (κ1) is 18.6. The van der Waals surface area contributed by atoms with Gasteiger partial charge in [0.25, 0.3) is 5.91 Å². The lowest BCUT2D eigenvalue weighted by atomic mass is 10.0. The standard InChI is InChI=1S/C20H29N5O/c1-4-16-5-7-17(8-6-16)19-13-21-10-12-25(19)20(26)18-14-24(23-22-18)11-9-15(2)3/h5-8,14-15,19,21H,4,9-13H2,1-3H3. The summed E-state index contributed by atoms with van der Waals surface area (Å²) >= 11 is 0. The molecule has 2 aromatic rings. The minimum Gasteiger partial charge on any atom is -0.328 e. The normalized spacial score (nSPS) is 17.7. The lowest BCUT2D eigenvalue weighted by molar-refractivity contribution is 0.0628. The van der Waals surface area contributed by atoms with Gasteiger partial charge in [0.2, 0.25) is 0 Å². The lowest BCUT2D eigenvalue weighted by Gasteiger charge is -2.36. The Kier molecular flexibility index (Phi) is 6.04. The van der Waals surface area contributed by atoms with E-state index in [4.69, 9.17) is 0 Å². The Bertz CT molecular complexity index is 722. The average Bonchev–Trinajstić information content (AvgIpc) is 3.15. The predicted molar refractivity (Wildman–Crippen MR) is 102 cm³/mol. The van der Waals surface area contributed by atoms with Crippen LogP contribution in [0.5, 0.6) is 0 Å². The second-order valence-electron chi connectivity index (χ2n) is 7.36. The number of benzene rings is 1. The van der Waals surface area contributed by atoms with Crippen molar-refractivity contribution >= 4 is 5.91 Å². The summed E-state index contributed by atoms with van der Waals surface area (Å²) in [4.78, 5) is 15.0. The van der Waals surface area contributed by atoms with Gasteiger partial charge in [-0.3, -0.25) is 9.48 Å². The molecule has 1 atom stereocenters. The number of aromatic nitrogens is 3. The number of hydrogen-bond acceptors (Lipinski definition) is 4. The summed E-state index contributed by atoms with van der Waals surface area (Å²) in [6.07, 6.45) is 3.83. The number of nitrogens with one attached hydrogen (secondary N) is 1. The van der Waals surface area contributed by atoms with Gasteiger partial charge in [-0.25, -0.2) is 0 Å². The molecule has 140 valence electrons. The third kappa shape index (κ3) is 4.30. The van der Waals surface area contributed by atoms with Crippen LogP contribution in [0.25, 0.3) is 0 Å². The van der Waals surface area contributed by atoms with Gasteiger partial charge in [-0.15, -0.1) is 5.10 Å². The van der Waals surface area contributed by atoms with Gasteiger partial charge in [-0.2, -0.15) is 0 Å². The first-order chi connectivity index (χ1) is 12.6. The average molecular weight is 355 g/mol. The van der Waals surface area contributed by atoms with Gasteiger partial charge in [0.1, 0.15) is 0 Å². The van der Waals surface area contributed by atoms with Gasteiger partial charge in [0.15, 0.2) is 5.69 Å². The number of rotatable bonds is 6. The summed E-state index contributed by atoms with van der Waals surface area (Å²) in [5, 5.41) is 11.7. The van der Waals surface area contributed by atoms with E-state index in [1.807, 2.05) is 4.90 Å². The zero-order chi connectivity index (χ0) is 18.5. The van der Waals surface area contributed by atoms with Crippen molar-refractivity contribution in [3.63, 3.8) is 0 Å². The molecule has 0 radical (unpaired) electrons. The van der Waals surface area contributed by atoms with Crippen LogP contribution in [0, 0.1) is 5.92 Å². The Hall–Kier alpha value is -2.21. The Morgan fingerprint density at radius 3 is 2.77 bits per heavy atom. The van der Waals surface area contributed by atoms with E-state index in [0.717, 1.165) is 38.0 Å². The summed E-state index contributed by atoms with van der Waals surface area (Å²) in [5.41, 5.74) is 2.91. The molecule has 0 bridgehead atoms. The highest BCUT2D eigenvalue weighted by Crippen LogP contribution is 2.24. The number of aryl methyl sites for hydroxylation is 2. The SMILES string of the molecule is CCc1ccc(C2CNCCN2C(=O)c2cn(CCC(C)C)nn2)cc1. The van der Waals surface area contributed by atoms with Crippen LogP contribution in [0.15, 0.2) is 30.5 Å². The monoisotopic (exact) mass is 355 g/mol. The molecule has 0 aliphatic carbocycles. The maximum absolute atomic E-state index is 13.0. The molecule has 1 aromatic heterocycles. The molecule has 1 unspecified atom stereocenters. The molecule has 1 aliphatic rings. The van der Waals surface area contributed by atoms with Crippen LogP contribution in [0.2, 0.25) is 0 Å². The maximum Gasteiger partial charge on any atom is 0.276 e. The molecule has 1 saturated heterocycles. The molecule has 1 aromatic carbocycles. The summed E-state index contributed by atoms with van der Waals surface area (Å²) in [5.74, 6) is 0.564. The number of amides is 1. The van der Waals surface area contributed by atoms with Crippen molar-refractivity contribution in [2.24, 2.45) is 5.92 Å². The molecule has 0 saturated carbocycles. The van der Waals surface area contributed by atoms with Gasteiger partial charge in [-0.05, 0) is 29.9 Å². The van der Waals surface area contributed by atoms with E-state index in [9.17, 15) is 4.79 Å². The minimum atomic E-state index is -0.0353. The summed E-state index contributed by atoms with van der Waals surface area (Å²) in [7, 11) is 0. The van der Waals surface area contributed by atoms with Crippen LogP contribution in [0.1, 0.15) is 54.8 Å². The number of nitrogens with zero attached hydrogens (tertiary/aromatic N) is 4. The van der Waals surface area contributed by atoms with E-state index < -0.39 is 0 Å². The fraction of sp³-hybridized carbons (Fsp3) is 0.550. The van der Waals surface area contributed by atoms with Crippen LogP contribution >= 0.6 is 0 Å². The quantitative estimate of drug-likeness (QED) is 0.865. The fourth-order valence-electron chi connectivity index (χ4n) is 3.26. The highest BCUT2D eigenvalue weighted by Gasteiger charge is 2.30. The first-order valence-electron chi connectivity index (χ1n) is 9.59. The number of carbonyl (C=O) groups is 1. The van der Waals surface area contributed by atoms with E-state index >= 15 is 0 Å². The van der Waals surface area contributed by atoms with Crippen molar-refractivity contribution in [3.8, 4) is 0 Å².